The van der Waals surface area contributed by atoms with Crippen molar-refractivity contribution in [1.29, 1.82) is 1.43 Å². The number of hydrogen-bond donors (Lipinski definition) is 3. The number of aliphatic hydroxyl groups excluding tert-OH is 1. The van der Waals surface area contributed by atoms with E-state index in [1.807, 2.05) is 0 Å². The number of hydrogen-bond acceptors (Lipinski definition) is 6. The van der Waals surface area contributed by atoms with Crippen LogP contribution < -0.4 is 11.3 Å². The molecule has 0 saturated carbocycles. The Hall–Kier alpha value is -1.93. The number of nitrogen functional groups attached to an aromatic ring is 1. The predicted molar refractivity (Wildman–Crippen MR) is 55.6 cm³/mol. The number of nitrogens with zero attached hydrogens (tertiary/aromatic N) is 3. The summed E-state index contributed by atoms with van der Waals surface area (Å²) < 4.78 is 34.7. The maximum Gasteiger partial charge on any atom is 0.280 e. The van der Waals surface area contributed by atoms with Gasteiger partial charge >= 0.3 is 0 Å². The molecule has 0 fully saturated rings. The van der Waals surface area contributed by atoms with Crippen molar-refractivity contribution < 1.29 is 14.1 Å². The number of anilines is 1. The summed E-state index contributed by atoms with van der Waals surface area (Å²) in [5.74, 6) is -0.459. The van der Waals surface area contributed by atoms with Crippen LogP contribution in [0.4, 0.5) is 5.95 Å². The summed E-state index contributed by atoms with van der Waals surface area (Å²) in [4.78, 5) is 19.9. The second-order valence-electron chi connectivity index (χ2n) is 2.96. The normalized spacial score (nSPS) is 14.2. The van der Waals surface area contributed by atoms with Crippen molar-refractivity contribution in [3.8, 4) is 0 Å². The largest absolute Gasteiger partial charge is 0.394 e. The lowest BCUT2D eigenvalue weighted by atomic mass is 10.5. The molecule has 2 rings (SSSR count). The summed E-state index contributed by atoms with van der Waals surface area (Å²) in [7, 11) is 0. The van der Waals surface area contributed by atoms with E-state index >= 15 is 0 Å². The van der Waals surface area contributed by atoms with Gasteiger partial charge in [-0.05, 0) is 0 Å². The Morgan fingerprint density at radius 2 is 2.81 bits per heavy atom. The third kappa shape index (κ3) is 1.88. The van der Waals surface area contributed by atoms with Gasteiger partial charge in [-0.1, -0.05) is 0 Å². The van der Waals surface area contributed by atoms with E-state index < -0.39 is 11.5 Å². The third-order valence-electron chi connectivity index (χ3n) is 1.88. The van der Waals surface area contributed by atoms with Crippen LogP contribution in [0.5, 0.6) is 0 Å². The van der Waals surface area contributed by atoms with Crippen LogP contribution in [-0.2, 0) is 11.5 Å². The zero-order chi connectivity index (χ0) is 14.7. The zero-order valence-corrected chi connectivity index (χ0v) is 8.16. The van der Waals surface area contributed by atoms with Crippen molar-refractivity contribution in [2.45, 2.75) is 6.73 Å². The van der Waals surface area contributed by atoms with Crippen molar-refractivity contribution in [2.24, 2.45) is 0 Å². The lowest BCUT2D eigenvalue weighted by Crippen LogP contribution is -2.13. The standard InChI is InChI=1S/C8H11N5O3/c9-8-11-6-5(7(15)12-8)10-3-13(6)4-16-2-1-14/h3,14H,1-2,4H2,(H3,9,11,12,15)/i14D/hD3. The van der Waals surface area contributed by atoms with E-state index in [4.69, 9.17) is 10.4 Å². The number of nitrogens with two attached hydrogens (primary N) is 1. The number of aromatic nitrogens is 4. The number of ether oxygens (including phenoxy) is 1. The van der Waals surface area contributed by atoms with Gasteiger partial charge in [0.25, 0.3) is 5.56 Å². The molecule has 0 spiro atoms. The average Bonchev–Trinajstić information content (AvgIpc) is 2.82. The molecule has 0 aliphatic heterocycles. The number of fused-ring (bicyclic) bond motifs is 1. The second kappa shape index (κ2) is 4.29. The Morgan fingerprint density at radius 3 is 3.62 bits per heavy atom. The lowest BCUT2D eigenvalue weighted by Gasteiger charge is -2.03. The van der Waals surface area contributed by atoms with Gasteiger partial charge in [-0.15, -0.1) is 0 Å². The number of nitrogens with one attached hydrogen (secondary N) is 1. The molecule has 0 amide bonds. The highest BCUT2D eigenvalue weighted by atomic mass is 16.5. The van der Waals surface area contributed by atoms with Crippen molar-refractivity contribution >= 4 is 17.1 Å². The summed E-state index contributed by atoms with van der Waals surface area (Å²) in [6.45, 7) is 0.288. The molecular weight excluding hydrogens is 214 g/mol. The van der Waals surface area contributed by atoms with Crippen LogP contribution in [0.3, 0.4) is 0 Å². The first-order chi connectivity index (χ1) is 9.56. The predicted octanol–water partition coefficient (Wildman–Crippen LogP) is -1.33. The fourth-order valence-corrected chi connectivity index (χ4v) is 1.22. The first-order valence-corrected chi connectivity index (χ1v) is 4.47. The molecule has 2 aromatic rings. The van der Waals surface area contributed by atoms with Crippen LogP contribution >= 0.6 is 0 Å². The molecule has 0 aromatic carbocycles. The van der Waals surface area contributed by atoms with E-state index in [0.29, 0.717) is 4.98 Å². The topological polar surface area (TPSA) is 119 Å². The van der Waals surface area contributed by atoms with Gasteiger partial charge in [0.15, 0.2) is 15.4 Å². The van der Waals surface area contributed by atoms with Gasteiger partial charge in [0.2, 0.25) is 7.38 Å². The van der Waals surface area contributed by atoms with Gasteiger partial charge in [0.1, 0.15) is 6.73 Å². The molecule has 2 aromatic heterocycles. The molecule has 16 heavy (non-hydrogen) atoms. The van der Waals surface area contributed by atoms with Crippen LogP contribution in [0.2, 0.25) is 4.24 Å². The Balaban J connectivity index is 2.36. The smallest absolute Gasteiger partial charge is 0.280 e. The number of imidazole rings is 1. The molecule has 0 radical (unpaired) electrons. The summed E-state index contributed by atoms with van der Waals surface area (Å²) in [6, 6.07) is 0. The van der Waals surface area contributed by atoms with Gasteiger partial charge in [0.05, 0.1) is 19.5 Å². The fourth-order valence-electron chi connectivity index (χ4n) is 1.22. The monoisotopic (exact) mass is 229 g/mol. The first-order valence-electron chi connectivity index (χ1n) is 6.22. The highest BCUT2D eigenvalue weighted by Crippen LogP contribution is 2.05. The maximum atomic E-state index is 11.8. The third-order valence-corrected chi connectivity index (χ3v) is 1.88. The number of aliphatic hydroxyl groups is 1. The Labute approximate surface area is 95.6 Å². The van der Waals surface area contributed by atoms with Crippen molar-refractivity contribution in [2.75, 3.05) is 18.9 Å². The van der Waals surface area contributed by atoms with Crippen molar-refractivity contribution in [3.05, 3.63) is 16.7 Å². The molecule has 0 saturated heterocycles. The summed E-state index contributed by atoms with van der Waals surface area (Å²) in [6.07, 6.45) is 1.31. The quantitative estimate of drug-likeness (QED) is 0.528. The molecule has 0 aliphatic carbocycles. The van der Waals surface area contributed by atoms with E-state index in [0.717, 1.165) is 0 Å². The molecule has 0 atom stereocenters. The molecule has 86 valence electrons. The molecular formula is C8H11N5O3. The van der Waals surface area contributed by atoms with Gasteiger partial charge in [-0.3, -0.25) is 14.3 Å². The van der Waals surface area contributed by atoms with Gasteiger partial charge in [0, 0.05) is 0 Å². The summed E-state index contributed by atoms with van der Waals surface area (Å²) >= 11 is 0. The minimum absolute atomic E-state index is 0.0176. The molecule has 4 N–H and O–H groups in total. The number of rotatable bonds is 6. The Kier molecular flexibility index (Phi) is 1.77. The van der Waals surface area contributed by atoms with E-state index in [2.05, 4.69) is 15.1 Å². The first kappa shape index (κ1) is 6.61. The van der Waals surface area contributed by atoms with Crippen molar-refractivity contribution in [1.82, 2.24) is 19.5 Å². The number of aromatic amines is 1. The highest BCUT2D eigenvalue weighted by Gasteiger charge is 2.08. The van der Waals surface area contributed by atoms with Gasteiger partial charge in [-0.2, -0.15) is 4.98 Å². The van der Waals surface area contributed by atoms with E-state index in [9.17, 15) is 4.79 Å². The molecule has 8 nitrogen and oxygen atoms in total. The number of H-pyrrole nitrogens is 1. The lowest BCUT2D eigenvalue weighted by molar-refractivity contribution is 0.0499. The van der Waals surface area contributed by atoms with Crippen LogP contribution in [0, 0.1) is 0 Å². The zero-order valence-electron chi connectivity index (χ0n) is 12.2. The summed E-state index contributed by atoms with van der Waals surface area (Å²) in [5.41, 5.74) is -0.640. The summed E-state index contributed by atoms with van der Waals surface area (Å²) in [5, 5.41) is 4.08. The molecule has 0 bridgehead atoms. The van der Waals surface area contributed by atoms with Gasteiger partial charge in [-0.25, -0.2) is 4.98 Å². The molecule has 0 aliphatic rings. The van der Waals surface area contributed by atoms with Crippen LogP contribution in [0.15, 0.2) is 11.1 Å². The van der Waals surface area contributed by atoms with Gasteiger partial charge < -0.3 is 15.6 Å². The minimum Gasteiger partial charge on any atom is -0.394 e. The second-order valence-corrected chi connectivity index (χ2v) is 2.96. The SMILES string of the molecule is [2H]OCCOCn1cnc2c(=O)n([2H])c(N([2H])[2H])nc21. The Morgan fingerprint density at radius 1 is 1.88 bits per heavy atom. The van der Waals surface area contributed by atoms with E-state index in [-0.39, 0.29) is 36.8 Å². The van der Waals surface area contributed by atoms with Crippen LogP contribution in [0.25, 0.3) is 11.2 Å². The van der Waals surface area contributed by atoms with Crippen LogP contribution in [0.1, 0.15) is 0 Å². The van der Waals surface area contributed by atoms with E-state index in [1.54, 1.807) is 0 Å². The fraction of sp³-hybridized carbons (Fsp3) is 0.375. The molecule has 2 heterocycles. The molecule has 8 heteroatoms. The highest BCUT2D eigenvalue weighted by molar-refractivity contribution is 5.70. The van der Waals surface area contributed by atoms with E-state index in [1.165, 1.54) is 10.9 Å². The molecule has 0 unspecified atom stereocenters. The van der Waals surface area contributed by atoms with Crippen molar-refractivity contribution in [3.63, 3.8) is 0 Å². The Bertz CT molecular complexity index is 657. The minimum atomic E-state index is -0.775. The maximum absolute atomic E-state index is 11.8. The average molecular weight is 229 g/mol. The van der Waals surface area contributed by atoms with Crippen LogP contribution in [-0.4, -0.2) is 39.3 Å².